The highest BCUT2D eigenvalue weighted by molar-refractivity contribution is 5.40. The van der Waals surface area contributed by atoms with Crippen molar-refractivity contribution in [1.82, 2.24) is 9.97 Å². The highest BCUT2D eigenvalue weighted by atomic mass is 16.5. The Kier molecular flexibility index (Phi) is 3.81. The van der Waals surface area contributed by atoms with Crippen LogP contribution in [0.5, 0.6) is 5.75 Å². The first-order valence-corrected chi connectivity index (χ1v) is 7.04. The highest BCUT2D eigenvalue weighted by Gasteiger charge is 2.21. The molecule has 1 aliphatic carbocycles. The van der Waals surface area contributed by atoms with Gasteiger partial charge in [-0.1, -0.05) is 24.6 Å². The number of nitrogens with zero attached hydrogens (tertiary/aromatic N) is 2. The zero-order valence-corrected chi connectivity index (χ0v) is 11.7. The van der Waals surface area contributed by atoms with E-state index in [0.29, 0.717) is 12.5 Å². The van der Waals surface area contributed by atoms with Crippen LogP contribution >= 0.6 is 0 Å². The number of para-hydroxylation sites is 1. The third-order valence-corrected chi connectivity index (χ3v) is 3.86. The molecule has 0 bridgehead atoms. The zero-order valence-electron chi connectivity index (χ0n) is 11.7. The predicted molar refractivity (Wildman–Crippen MR) is 78.9 cm³/mol. The molecule has 1 aromatic heterocycles. The average molecular weight is 269 g/mol. The molecule has 1 N–H and O–H groups in total. The zero-order chi connectivity index (χ0) is 13.8. The Bertz CT molecular complexity index is 581. The van der Waals surface area contributed by atoms with Crippen molar-refractivity contribution in [3.05, 3.63) is 47.9 Å². The van der Waals surface area contributed by atoms with Gasteiger partial charge in [0.2, 0.25) is 0 Å². The Hall–Kier alpha value is -2.10. The van der Waals surface area contributed by atoms with Gasteiger partial charge in [-0.2, -0.15) is 0 Å². The van der Waals surface area contributed by atoms with Crippen molar-refractivity contribution in [2.24, 2.45) is 0 Å². The van der Waals surface area contributed by atoms with Crippen molar-refractivity contribution in [2.75, 3.05) is 12.4 Å². The van der Waals surface area contributed by atoms with Gasteiger partial charge in [-0.3, -0.25) is 0 Å². The van der Waals surface area contributed by atoms with Gasteiger partial charge in [0, 0.05) is 29.8 Å². The maximum Gasteiger partial charge on any atom is 0.129 e. The topological polar surface area (TPSA) is 47.0 Å². The first-order chi connectivity index (χ1) is 9.86. The monoisotopic (exact) mass is 269 g/mol. The van der Waals surface area contributed by atoms with E-state index in [0.717, 1.165) is 22.8 Å². The normalized spacial score (nSPS) is 14.7. The standard InChI is InChI=1S/C16H19N3O/c1-20-15-8-3-2-5-13(15)10-17-16-9-14(18-11-19-16)12-6-4-7-12/h2-3,5,8-9,11-12H,4,6-7,10H2,1H3,(H,17,18,19). The van der Waals surface area contributed by atoms with Crippen LogP contribution in [0.4, 0.5) is 5.82 Å². The molecular weight excluding hydrogens is 250 g/mol. The molecule has 1 aromatic carbocycles. The maximum atomic E-state index is 5.35. The van der Waals surface area contributed by atoms with E-state index in [1.165, 1.54) is 19.3 Å². The van der Waals surface area contributed by atoms with Crippen molar-refractivity contribution >= 4 is 5.82 Å². The van der Waals surface area contributed by atoms with Crippen molar-refractivity contribution < 1.29 is 4.74 Å². The van der Waals surface area contributed by atoms with Crippen molar-refractivity contribution in [3.63, 3.8) is 0 Å². The van der Waals surface area contributed by atoms with Crippen LogP contribution in [-0.2, 0) is 6.54 Å². The van der Waals surface area contributed by atoms with Crippen LogP contribution in [0, 0.1) is 0 Å². The van der Waals surface area contributed by atoms with E-state index in [1.807, 2.05) is 18.2 Å². The van der Waals surface area contributed by atoms with Crippen LogP contribution < -0.4 is 10.1 Å². The minimum Gasteiger partial charge on any atom is -0.496 e. The van der Waals surface area contributed by atoms with Crippen LogP contribution in [0.3, 0.4) is 0 Å². The summed E-state index contributed by atoms with van der Waals surface area (Å²) in [5.74, 6) is 2.41. The van der Waals surface area contributed by atoms with Gasteiger partial charge in [0.05, 0.1) is 7.11 Å². The lowest BCUT2D eigenvalue weighted by Gasteiger charge is -2.24. The van der Waals surface area contributed by atoms with E-state index in [2.05, 4.69) is 27.4 Å². The summed E-state index contributed by atoms with van der Waals surface area (Å²) in [7, 11) is 1.69. The molecule has 4 heteroatoms. The molecule has 1 saturated carbocycles. The molecule has 0 amide bonds. The second-order valence-electron chi connectivity index (χ2n) is 5.12. The summed E-state index contributed by atoms with van der Waals surface area (Å²) in [5.41, 5.74) is 2.28. The molecule has 0 spiro atoms. The highest BCUT2D eigenvalue weighted by Crippen LogP contribution is 2.35. The SMILES string of the molecule is COc1ccccc1CNc1cc(C2CCC2)ncn1. The largest absolute Gasteiger partial charge is 0.496 e. The van der Waals surface area contributed by atoms with E-state index >= 15 is 0 Å². The maximum absolute atomic E-state index is 5.35. The van der Waals surface area contributed by atoms with Gasteiger partial charge in [-0.15, -0.1) is 0 Å². The van der Waals surface area contributed by atoms with Crippen LogP contribution in [0.2, 0.25) is 0 Å². The molecule has 0 saturated heterocycles. The third kappa shape index (κ3) is 2.74. The molecule has 104 valence electrons. The van der Waals surface area contributed by atoms with Crippen LogP contribution in [0.1, 0.15) is 36.4 Å². The van der Waals surface area contributed by atoms with Gasteiger partial charge in [0.25, 0.3) is 0 Å². The molecule has 0 atom stereocenters. The number of rotatable bonds is 5. The molecule has 20 heavy (non-hydrogen) atoms. The summed E-state index contributed by atoms with van der Waals surface area (Å²) in [6, 6.07) is 10.1. The number of ether oxygens (including phenoxy) is 1. The molecule has 1 heterocycles. The Morgan fingerprint density at radius 2 is 2.10 bits per heavy atom. The summed E-state index contributed by atoms with van der Waals surface area (Å²) in [6.07, 6.45) is 5.47. The molecular formula is C16H19N3O. The van der Waals surface area contributed by atoms with Crippen LogP contribution in [0.25, 0.3) is 0 Å². The van der Waals surface area contributed by atoms with E-state index in [4.69, 9.17) is 4.74 Å². The van der Waals surface area contributed by atoms with E-state index in [9.17, 15) is 0 Å². The number of hydrogen-bond acceptors (Lipinski definition) is 4. The fourth-order valence-corrected chi connectivity index (χ4v) is 2.43. The Morgan fingerprint density at radius 1 is 1.25 bits per heavy atom. The fraction of sp³-hybridized carbons (Fsp3) is 0.375. The minimum atomic E-state index is 0.629. The summed E-state index contributed by atoms with van der Waals surface area (Å²) in [5, 5.41) is 3.35. The smallest absolute Gasteiger partial charge is 0.129 e. The van der Waals surface area contributed by atoms with Crippen molar-refractivity contribution in [3.8, 4) is 5.75 Å². The number of methoxy groups -OCH3 is 1. The summed E-state index contributed by atoms with van der Waals surface area (Å²) < 4.78 is 5.35. The molecule has 0 radical (unpaired) electrons. The summed E-state index contributed by atoms with van der Waals surface area (Å²) in [6.45, 7) is 0.700. The van der Waals surface area contributed by atoms with Gasteiger partial charge in [-0.25, -0.2) is 9.97 Å². The van der Waals surface area contributed by atoms with Gasteiger partial charge in [0.15, 0.2) is 0 Å². The number of anilines is 1. The lowest BCUT2D eigenvalue weighted by atomic mass is 9.83. The number of nitrogens with one attached hydrogen (secondary N) is 1. The molecule has 4 nitrogen and oxygen atoms in total. The third-order valence-electron chi connectivity index (χ3n) is 3.86. The predicted octanol–water partition coefficient (Wildman–Crippen LogP) is 3.36. The second-order valence-corrected chi connectivity index (χ2v) is 5.12. The number of benzene rings is 1. The van der Waals surface area contributed by atoms with Crippen molar-refractivity contribution in [1.29, 1.82) is 0 Å². The average Bonchev–Trinajstić information content (AvgIpc) is 2.44. The Balaban J connectivity index is 1.68. The first kappa shape index (κ1) is 12.9. The van der Waals surface area contributed by atoms with Gasteiger partial charge >= 0.3 is 0 Å². The van der Waals surface area contributed by atoms with Crippen molar-refractivity contribution in [2.45, 2.75) is 31.7 Å². The summed E-state index contributed by atoms with van der Waals surface area (Å²) >= 11 is 0. The van der Waals surface area contributed by atoms with Gasteiger partial charge in [-0.05, 0) is 18.9 Å². The summed E-state index contributed by atoms with van der Waals surface area (Å²) in [4.78, 5) is 8.66. The van der Waals surface area contributed by atoms with Crippen LogP contribution in [0.15, 0.2) is 36.7 Å². The van der Waals surface area contributed by atoms with Gasteiger partial charge in [0.1, 0.15) is 17.9 Å². The molecule has 1 fully saturated rings. The fourth-order valence-electron chi connectivity index (χ4n) is 2.43. The van der Waals surface area contributed by atoms with Crippen LogP contribution in [-0.4, -0.2) is 17.1 Å². The first-order valence-electron chi connectivity index (χ1n) is 7.04. The molecule has 1 aliphatic rings. The van der Waals surface area contributed by atoms with E-state index < -0.39 is 0 Å². The molecule has 3 rings (SSSR count). The number of aromatic nitrogens is 2. The molecule has 0 aliphatic heterocycles. The quantitative estimate of drug-likeness (QED) is 0.904. The lowest BCUT2D eigenvalue weighted by molar-refractivity contribution is 0.410. The Morgan fingerprint density at radius 3 is 2.85 bits per heavy atom. The minimum absolute atomic E-state index is 0.629. The Labute approximate surface area is 119 Å². The second kappa shape index (κ2) is 5.90. The van der Waals surface area contributed by atoms with Gasteiger partial charge < -0.3 is 10.1 Å². The number of hydrogen-bond donors (Lipinski definition) is 1. The molecule has 2 aromatic rings. The molecule has 0 unspecified atom stereocenters. The van der Waals surface area contributed by atoms with E-state index in [-0.39, 0.29) is 0 Å². The van der Waals surface area contributed by atoms with E-state index in [1.54, 1.807) is 13.4 Å². The lowest BCUT2D eigenvalue weighted by Crippen LogP contribution is -2.12.